The normalized spacial score (nSPS) is 30.2. The van der Waals surface area contributed by atoms with E-state index < -0.39 is 23.6 Å². The summed E-state index contributed by atoms with van der Waals surface area (Å²) in [4.78, 5) is 37.9. The molecule has 0 aromatic carbocycles. The molecular weight excluding hydrogens is 316 g/mol. The van der Waals surface area contributed by atoms with Crippen LogP contribution >= 0.6 is 0 Å². The summed E-state index contributed by atoms with van der Waals surface area (Å²) in [5, 5.41) is 11.5. The number of hydrogen-bond donors (Lipinski definition) is 2. The van der Waals surface area contributed by atoms with Crippen LogP contribution in [0.5, 0.6) is 0 Å². The zero-order chi connectivity index (χ0) is 17.9. The molecule has 24 heavy (non-hydrogen) atoms. The van der Waals surface area contributed by atoms with E-state index in [1.54, 1.807) is 13.8 Å². The number of Topliss-reactive ketones (excluding diaryl/α,β-unsaturated/α-hetero) is 1. The number of aliphatic carboxylic acids is 1. The number of carbonyl (C=O) groups excluding carboxylic acids is 2. The lowest BCUT2D eigenvalue weighted by Gasteiger charge is -2.51. The first kappa shape index (κ1) is 18.7. The van der Waals surface area contributed by atoms with Gasteiger partial charge in [0, 0.05) is 26.1 Å². The first-order chi connectivity index (χ1) is 11.3. The van der Waals surface area contributed by atoms with Crippen molar-refractivity contribution in [1.82, 2.24) is 10.2 Å². The van der Waals surface area contributed by atoms with Crippen molar-refractivity contribution in [2.75, 3.05) is 33.4 Å². The zero-order valence-corrected chi connectivity index (χ0v) is 14.4. The van der Waals surface area contributed by atoms with Gasteiger partial charge in [-0.25, -0.2) is 9.59 Å². The largest absolute Gasteiger partial charge is 0.480 e. The van der Waals surface area contributed by atoms with Crippen molar-refractivity contribution >= 4 is 17.8 Å². The number of rotatable bonds is 7. The van der Waals surface area contributed by atoms with Crippen molar-refractivity contribution in [1.29, 1.82) is 0 Å². The number of hydrogen-bond acceptors (Lipinski definition) is 6. The SMILES string of the molecule is COCC1(COC(=O)N[C@H](C(=O)O)C(C)C)C(=O)C2CCN1CC2. The van der Waals surface area contributed by atoms with Gasteiger partial charge in [-0.1, -0.05) is 13.8 Å². The maximum absolute atomic E-state index is 12.7. The summed E-state index contributed by atoms with van der Waals surface area (Å²) in [6, 6.07) is -1.03. The Morgan fingerprint density at radius 2 is 1.96 bits per heavy atom. The molecule has 0 saturated carbocycles. The molecule has 8 nitrogen and oxygen atoms in total. The van der Waals surface area contributed by atoms with Gasteiger partial charge in [-0.3, -0.25) is 9.69 Å². The van der Waals surface area contributed by atoms with Crippen LogP contribution in [0.25, 0.3) is 0 Å². The highest BCUT2D eigenvalue weighted by Crippen LogP contribution is 2.36. The molecule has 0 spiro atoms. The first-order valence-corrected chi connectivity index (χ1v) is 8.26. The van der Waals surface area contributed by atoms with Crippen LogP contribution in [0.15, 0.2) is 0 Å². The van der Waals surface area contributed by atoms with Crippen molar-refractivity contribution in [2.24, 2.45) is 11.8 Å². The number of piperidine rings is 3. The molecule has 2 N–H and O–H groups in total. The average Bonchev–Trinajstić information content (AvgIpc) is 2.54. The van der Waals surface area contributed by atoms with Crippen LogP contribution in [0.1, 0.15) is 26.7 Å². The fourth-order valence-corrected chi connectivity index (χ4v) is 3.58. The van der Waals surface area contributed by atoms with E-state index in [0.717, 1.165) is 25.9 Å². The summed E-state index contributed by atoms with van der Waals surface area (Å²) in [6.07, 6.45) is 0.817. The summed E-state index contributed by atoms with van der Waals surface area (Å²) >= 11 is 0. The molecule has 3 heterocycles. The van der Waals surface area contributed by atoms with Crippen molar-refractivity contribution < 1.29 is 29.0 Å². The highest BCUT2D eigenvalue weighted by molar-refractivity contribution is 5.92. The Hall–Kier alpha value is -1.67. The van der Waals surface area contributed by atoms with Crippen molar-refractivity contribution in [3.05, 3.63) is 0 Å². The zero-order valence-electron chi connectivity index (χ0n) is 14.4. The highest BCUT2D eigenvalue weighted by Gasteiger charge is 2.54. The number of carboxylic acid groups (broad SMARTS) is 1. The first-order valence-electron chi connectivity index (χ1n) is 8.26. The Morgan fingerprint density at radius 1 is 1.33 bits per heavy atom. The second-order valence-electron chi connectivity index (χ2n) is 6.87. The second-order valence-corrected chi connectivity index (χ2v) is 6.87. The Morgan fingerprint density at radius 3 is 2.42 bits per heavy atom. The lowest BCUT2D eigenvalue weighted by Crippen LogP contribution is -2.69. The fourth-order valence-electron chi connectivity index (χ4n) is 3.58. The van der Waals surface area contributed by atoms with E-state index >= 15 is 0 Å². The second kappa shape index (κ2) is 7.48. The number of methoxy groups -OCH3 is 1. The number of amides is 1. The van der Waals surface area contributed by atoms with Crippen LogP contribution in [0, 0.1) is 11.8 Å². The number of nitrogens with zero attached hydrogens (tertiary/aromatic N) is 1. The van der Waals surface area contributed by atoms with Gasteiger partial charge in [-0.05, 0) is 18.8 Å². The van der Waals surface area contributed by atoms with E-state index in [2.05, 4.69) is 5.32 Å². The summed E-state index contributed by atoms with van der Waals surface area (Å²) in [7, 11) is 1.51. The minimum Gasteiger partial charge on any atom is -0.480 e. The minimum atomic E-state index is -1.12. The third kappa shape index (κ3) is 3.54. The van der Waals surface area contributed by atoms with Gasteiger partial charge >= 0.3 is 12.1 Å². The topological polar surface area (TPSA) is 105 Å². The highest BCUT2D eigenvalue weighted by atomic mass is 16.6. The summed E-state index contributed by atoms with van der Waals surface area (Å²) < 4.78 is 10.5. The smallest absolute Gasteiger partial charge is 0.407 e. The van der Waals surface area contributed by atoms with E-state index in [9.17, 15) is 14.4 Å². The van der Waals surface area contributed by atoms with Gasteiger partial charge in [-0.15, -0.1) is 0 Å². The van der Waals surface area contributed by atoms with E-state index in [1.807, 2.05) is 4.90 Å². The molecule has 1 unspecified atom stereocenters. The Balaban J connectivity index is 2.03. The summed E-state index contributed by atoms with van der Waals surface area (Å²) in [6.45, 7) is 4.96. The molecule has 2 atom stereocenters. The van der Waals surface area contributed by atoms with Crippen molar-refractivity contribution in [2.45, 2.75) is 38.3 Å². The Bertz CT molecular complexity index is 501. The van der Waals surface area contributed by atoms with Gasteiger partial charge in [0.2, 0.25) is 0 Å². The lowest BCUT2D eigenvalue weighted by atomic mass is 9.74. The number of carbonyl (C=O) groups is 3. The molecular formula is C16H26N2O6. The third-order valence-corrected chi connectivity index (χ3v) is 4.96. The van der Waals surface area contributed by atoms with Gasteiger partial charge in [-0.2, -0.15) is 0 Å². The van der Waals surface area contributed by atoms with Crippen LogP contribution in [-0.4, -0.2) is 72.8 Å². The maximum Gasteiger partial charge on any atom is 0.407 e. The lowest BCUT2D eigenvalue weighted by molar-refractivity contribution is -0.158. The number of alkyl carbamates (subject to hydrolysis) is 1. The Labute approximate surface area is 141 Å². The molecule has 1 amide bonds. The van der Waals surface area contributed by atoms with Crippen LogP contribution in [0.3, 0.4) is 0 Å². The quantitative estimate of drug-likeness (QED) is 0.694. The van der Waals surface area contributed by atoms with Crippen molar-refractivity contribution in [3.63, 3.8) is 0 Å². The molecule has 3 fully saturated rings. The van der Waals surface area contributed by atoms with Crippen molar-refractivity contribution in [3.8, 4) is 0 Å². The molecule has 136 valence electrons. The summed E-state index contributed by atoms with van der Waals surface area (Å²) in [5.41, 5.74) is -0.955. The predicted molar refractivity (Wildman–Crippen MR) is 84.7 cm³/mol. The molecule has 0 aromatic heterocycles. The minimum absolute atomic E-state index is 0.0146. The standard InChI is InChI=1S/C16H26N2O6/c1-10(2)12(14(20)21)17-15(22)24-9-16(8-23-3)13(19)11-4-6-18(16)7-5-11/h10-12H,4-9H2,1-3H3,(H,17,22)(H,20,21)/t12-,16?/m0/s1. The van der Waals surface area contributed by atoms with Crippen LogP contribution in [0.2, 0.25) is 0 Å². The predicted octanol–water partition coefficient (Wildman–Crippen LogP) is 0.502. The number of ketones is 1. The molecule has 3 rings (SSSR count). The molecule has 0 aliphatic carbocycles. The van der Waals surface area contributed by atoms with Crippen LogP contribution in [-0.2, 0) is 19.1 Å². The maximum atomic E-state index is 12.7. The molecule has 2 bridgehead atoms. The molecule has 3 saturated heterocycles. The number of carboxylic acids is 1. The van der Waals surface area contributed by atoms with Gasteiger partial charge in [0.25, 0.3) is 0 Å². The van der Waals surface area contributed by atoms with Gasteiger partial charge in [0.15, 0.2) is 5.78 Å². The van der Waals surface area contributed by atoms with Gasteiger partial charge < -0.3 is 19.9 Å². The van der Waals surface area contributed by atoms with Crippen LogP contribution < -0.4 is 5.32 Å². The van der Waals surface area contributed by atoms with E-state index in [-0.39, 0.29) is 30.8 Å². The fraction of sp³-hybridized carbons (Fsp3) is 0.812. The number of ether oxygens (including phenoxy) is 2. The molecule has 3 aliphatic heterocycles. The van der Waals surface area contributed by atoms with Gasteiger partial charge in [0.05, 0.1) is 6.61 Å². The molecule has 3 aliphatic rings. The third-order valence-electron chi connectivity index (χ3n) is 4.96. The molecule has 0 radical (unpaired) electrons. The summed E-state index contributed by atoms with van der Waals surface area (Å²) in [5.74, 6) is -1.36. The van der Waals surface area contributed by atoms with Crippen LogP contribution in [0.4, 0.5) is 4.79 Å². The number of fused-ring (bicyclic) bond motifs is 3. The van der Waals surface area contributed by atoms with Gasteiger partial charge in [0.1, 0.15) is 18.2 Å². The molecule has 8 heteroatoms. The number of nitrogens with one attached hydrogen (secondary N) is 1. The average molecular weight is 342 g/mol. The monoisotopic (exact) mass is 342 g/mol. The van der Waals surface area contributed by atoms with E-state index in [4.69, 9.17) is 14.6 Å². The van der Waals surface area contributed by atoms with E-state index in [1.165, 1.54) is 7.11 Å². The molecule has 0 aromatic rings. The Kier molecular flexibility index (Phi) is 5.82. The van der Waals surface area contributed by atoms with E-state index in [0.29, 0.717) is 0 Å².